The van der Waals surface area contributed by atoms with Crippen molar-refractivity contribution in [2.45, 2.75) is 39.8 Å². The first-order chi connectivity index (χ1) is 15.5. The van der Waals surface area contributed by atoms with Gasteiger partial charge in [0.25, 0.3) is 0 Å². The van der Waals surface area contributed by atoms with Crippen molar-refractivity contribution in [3.63, 3.8) is 0 Å². The molecule has 0 radical (unpaired) electrons. The largest absolute Gasteiger partial charge is 0.377 e. The summed E-state index contributed by atoms with van der Waals surface area (Å²) in [6, 6.07) is 4.46. The molecule has 1 unspecified atom stereocenters. The lowest BCUT2D eigenvalue weighted by Crippen LogP contribution is -2.45. The van der Waals surface area contributed by atoms with Crippen LogP contribution in [-0.4, -0.2) is 52.3 Å². The molecule has 0 spiro atoms. The van der Waals surface area contributed by atoms with Gasteiger partial charge >= 0.3 is 0 Å². The lowest BCUT2D eigenvalue weighted by Gasteiger charge is -2.34. The van der Waals surface area contributed by atoms with Gasteiger partial charge in [0, 0.05) is 55.8 Å². The molecule has 1 fully saturated rings. The van der Waals surface area contributed by atoms with Crippen LogP contribution >= 0.6 is 11.6 Å². The van der Waals surface area contributed by atoms with Crippen LogP contribution in [0.5, 0.6) is 0 Å². The minimum Gasteiger partial charge on any atom is -0.377 e. The number of halogens is 1. The standard InChI is InChI=1S/C24H27ClN6O/c1-15-8-16(2)23(27-10-15)19-9-22(26-12-20(19)25)30-5-4-21-18(13-30)11-28-24(29-21)31-6-7-32-14-17(31)3/h8-12,17H,4-7,13-14H2,1-3H3. The fourth-order valence-electron chi connectivity index (χ4n) is 4.44. The lowest BCUT2D eigenvalue weighted by molar-refractivity contribution is 0.0980. The fraction of sp³-hybridized carbons (Fsp3) is 0.417. The third-order valence-corrected chi connectivity index (χ3v) is 6.48. The summed E-state index contributed by atoms with van der Waals surface area (Å²) < 4.78 is 5.55. The van der Waals surface area contributed by atoms with E-state index in [1.54, 1.807) is 6.20 Å². The Kier molecular flexibility index (Phi) is 5.69. The van der Waals surface area contributed by atoms with Gasteiger partial charge in [-0.25, -0.2) is 15.0 Å². The summed E-state index contributed by atoms with van der Waals surface area (Å²) in [5.41, 5.74) is 6.31. The lowest BCUT2D eigenvalue weighted by atomic mass is 10.0. The maximum atomic E-state index is 6.51. The zero-order chi connectivity index (χ0) is 22.2. The van der Waals surface area contributed by atoms with E-state index < -0.39 is 0 Å². The van der Waals surface area contributed by atoms with E-state index in [4.69, 9.17) is 21.3 Å². The van der Waals surface area contributed by atoms with Gasteiger partial charge in [-0.05, 0) is 38.0 Å². The smallest absolute Gasteiger partial charge is 0.225 e. The number of aromatic nitrogens is 4. The quantitative estimate of drug-likeness (QED) is 0.597. The molecule has 3 aromatic rings. The van der Waals surface area contributed by atoms with E-state index in [0.717, 1.165) is 78.1 Å². The van der Waals surface area contributed by atoms with Gasteiger partial charge in [-0.3, -0.25) is 4.98 Å². The number of pyridine rings is 2. The molecular formula is C24H27ClN6O. The first-order valence-electron chi connectivity index (χ1n) is 11.0. The topological polar surface area (TPSA) is 67.3 Å². The van der Waals surface area contributed by atoms with Gasteiger partial charge in [0.1, 0.15) is 5.82 Å². The molecule has 0 aromatic carbocycles. The Morgan fingerprint density at radius 2 is 1.94 bits per heavy atom. The Morgan fingerprint density at radius 3 is 2.75 bits per heavy atom. The second kappa shape index (κ2) is 8.64. The molecule has 2 aliphatic heterocycles. The van der Waals surface area contributed by atoms with Crippen molar-refractivity contribution in [1.29, 1.82) is 0 Å². The van der Waals surface area contributed by atoms with Crippen LogP contribution in [0.3, 0.4) is 0 Å². The van der Waals surface area contributed by atoms with E-state index in [1.165, 1.54) is 0 Å². The highest BCUT2D eigenvalue weighted by atomic mass is 35.5. The summed E-state index contributed by atoms with van der Waals surface area (Å²) in [7, 11) is 0. The van der Waals surface area contributed by atoms with Crippen LogP contribution in [0.25, 0.3) is 11.3 Å². The van der Waals surface area contributed by atoms with Gasteiger partial charge in [0.2, 0.25) is 5.95 Å². The van der Waals surface area contributed by atoms with E-state index in [9.17, 15) is 0 Å². The summed E-state index contributed by atoms with van der Waals surface area (Å²) in [5, 5.41) is 0.609. The fourth-order valence-corrected chi connectivity index (χ4v) is 4.64. The van der Waals surface area contributed by atoms with Gasteiger partial charge in [0.15, 0.2) is 0 Å². The van der Waals surface area contributed by atoms with E-state index in [1.807, 2.05) is 25.4 Å². The van der Waals surface area contributed by atoms with Gasteiger partial charge < -0.3 is 14.5 Å². The molecule has 0 amide bonds. The molecular weight excluding hydrogens is 424 g/mol. The van der Waals surface area contributed by atoms with Crippen molar-refractivity contribution in [3.05, 3.63) is 58.1 Å². The Bertz CT molecular complexity index is 1150. The number of hydrogen-bond donors (Lipinski definition) is 0. The highest BCUT2D eigenvalue weighted by molar-refractivity contribution is 6.33. The zero-order valence-corrected chi connectivity index (χ0v) is 19.4. The highest BCUT2D eigenvalue weighted by Gasteiger charge is 2.25. The van der Waals surface area contributed by atoms with Crippen molar-refractivity contribution in [2.24, 2.45) is 0 Å². The molecule has 5 rings (SSSR count). The van der Waals surface area contributed by atoms with Crippen molar-refractivity contribution in [2.75, 3.05) is 36.1 Å². The molecule has 8 heteroatoms. The van der Waals surface area contributed by atoms with Gasteiger partial charge in [-0.15, -0.1) is 0 Å². The van der Waals surface area contributed by atoms with Crippen LogP contribution < -0.4 is 9.80 Å². The van der Waals surface area contributed by atoms with Crippen LogP contribution in [0.2, 0.25) is 5.02 Å². The molecule has 3 aromatic heterocycles. The number of rotatable bonds is 3. The number of ether oxygens (including phenoxy) is 1. The SMILES string of the molecule is Cc1cnc(-c2cc(N3CCc4nc(N5CCOCC5C)ncc4C3)ncc2Cl)c(C)c1. The van der Waals surface area contributed by atoms with Crippen LogP contribution in [-0.2, 0) is 17.7 Å². The minimum absolute atomic E-state index is 0.289. The summed E-state index contributed by atoms with van der Waals surface area (Å²) in [4.78, 5) is 23.3. The minimum atomic E-state index is 0.289. The van der Waals surface area contributed by atoms with Crippen molar-refractivity contribution >= 4 is 23.4 Å². The second-order valence-electron chi connectivity index (χ2n) is 8.63. The molecule has 0 aliphatic carbocycles. The number of fused-ring (bicyclic) bond motifs is 1. The van der Waals surface area contributed by atoms with Gasteiger partial charge in [-0.1, -0.05) is 17.7 Å². The Morgan fingerprint density at radius 1 is 1.06 bits per heavy atom. The number of hydrogen-bond acceptors (Lipinski definition) is 7. The normalized spacial score (nSPS) is 18.6. The molecule has 1 saturated heterocycles. The van der Waals surface area contributed by atoms with E-state index in [-0.39, 0.29) is 6.04 Å². The number of nitrogens with zero attached hydrogens (tertiary/aromatic N) is 6. The third-order valence-electron chi connectivity index (χ3n) is 6.18. The summed E-state index contributed by atoms with van der Waals surface area (Å²) >= 11 is 6.51. The number of anilines is 2. The van der Waals surface area contributed by atoms with E-state index >= 15 is 0 Å². The van der Waals surface area contributed by atoms with Gasteiger partial charge in [-0.2, -0.15) is 0 Å². The number of morpholine rings is 1. The van der Waals surface area contributed by atoms with E-state index in [2.05, 4.69) is 44.7 Å². The zero-order valence-electron chi connectivity index (χ0n) is 18.7. The summed E-state index contributed by atoms with van der Waals surface area (Å²) in [5.74, 6) is 1.70. The number of aryl methyl sites for hydroxylation is 2. The van der Waals surface area contributed by atoms with E-state index in [0.29, 0.717) is 11.6 Å². The molecule has 5 heterocycles. The molecule has 0 saturated carbocycles. The molecule has 2 aliphatic rings. The average Bonchev–Trinajstić information content (AvgIpc) is 2.79. The maximum absolute atomic E-state index is 6.51. The van der Waals surface area contributed by atoms with Crippen molar-refractivity contribution < 1.29 is 4.74 Å². The average molecular weight is 451 g/mol. The summed E-state index contributed by atoms with van der Waals surface area (Å²) in [6.45, 7) is 10.1. The van der Waals surface area contributed by atoms with Crippen LogP contribution in [0, 0.1) is 13.8 Å². The first-order valence-corrected chi connectivity index (χ1v) is 11.4. The maximum Gasteiger partial charge on any atom is 0.225 e. The monoisotopic (exact) mass is 450 g/mol. The van der Waals surface area contributed by atoms with Crippen LogP contribution in [0.1, 0.15) is 29.3 Å². The van der Waals surface area contributed by atoms with Crippen LogP contribution in [0.4, 0.5) is 11.8 Å². The van der Waals surface area contributed by atoms with Crippen molar-refractivity contribution in [3.8, 4) is 11.3 Å². The molecule has 166 valence electrons. The molecule has 7 nitrogen and oxygen atoms in total. The summed E-state index contributed by atoms with van der Waals surface area (Å²) in [6.07, 6.45) is 6.42. The Labute approximate surface area is 193 Å². The molecule has 0 N–H and O–H groups in total. The predicted molar refractivity (Wildman–Crippen MR) is 126 cm³/mol. The van der Waals surface area contributed by atoms with Gasteiger partial charge in [0.05, 0.1) is 35.7 Å². The second-order valence-corrected chi connectivity index (χ2v) is 9.04. The van der Waals surface area contributed by atoms with Crippen molar-refractivity contribution in [1.82, 2.24) is 19.9 Å². The Balaban J connectivity index is 1.40. The Hall–Kier alpha value is -2.77. The molecule has 1 atom stereocenters. The third kappa shape index (κ3) is 4.02. The highest BCUT2D eigenvalue weighted by Crippen LogP contribution is 2.33. The molecule has 0 bridgehead atoms. The predicted octanol–water partition coefficient (Wildman–Crippen LogP) is 3.99. The first kappa shape index (κ1) is 21.1. The molecule has 32 heavy (non-hydrogen) atoms. The van der Waals surface area contributed by atoms with Crippen LogP contribution in [0.15, 0.2) is 30.7 Å².